The molecule has 84 valence electrons. The fourth-order valence-electron chi connectivity index (χ4n) is 1.34. The van der Waals surface area contributed by atoms with Crippen LogP contribution < -0.4 is 4.74 Å². The minimum atomic E-state index is -0.462. The fraction of sp³-hybridized carbons (Fsp3) is 0. The van der Waals surface area contributed by atoms with Gasteiger partial charge in [-0.25, -0.2) is 4.39 Å². The van der Waals surface area contributed by atoms with E-state index in [9.17, 15) is 4.39 Å². The number of para-hydroxylation sites is 1. The maximum absolute atomic E-state index is 13.4. The molecule has 0 radical (unpaired) electrons. The Hall–Kier alpha value is -1.86. The summed E-state index contributed by atoms with van der Waals surface area (Å²) >= 11 is 3.24. The number of ether oxygens (including phenoxy) is 1. The summed E-state index contributed by atoms with van der Waals surface area (Å²) in [5.41, 5.74) is 0.343. The lowest BCUT2D eigenvalue weighted by Gasteiger charge is -2.08. The lowest BCUT2D eigenvalue weighted by Crippen LogP contribution is -1.91. The SMILES string of the molecule is N#Cc1c(Br)cccc1Oc1ccccc1F. The van der Waals surface area contributed by atoms with Crippen LogP contribution in [0.3, 0.4) is 0 Å². The van der Waals surface area contributed by atoms with Crippen LogP contribution in [0.5, 0.6) is 11.5 Å². The van der Waals surface area contributed by atoms with Crippen molar-refractivity contribution in [2.24, 2.45) is 0 Å². The van der Waals surface area contributed by atoms with E-state index in [1.807, 2.05) is 6.07 Å². The lowest BCUT2D eigenvalue weighted by molar-refractivity contribution is 0.441. The Kier molecular flexibility index (Phi) is 3.40. The predicted molar refractivity (Wildman–Crippen MR) is 65.3 cm³/mol. The molecule has 0 unspecified atom stereocenters. The normalized spacial score (nSPS) is 9.71. The molecule has 0 amide bonds. The molecule has 0 saturated carbocycles. The van der Waals surface area contributed by atoms with Gasteiger partial charge in [0.25, 0.3) is 0 Å². The molecular weight excluding hydrogens is 285 g/mol. The molecule has 17 heavy (non-hydrogen) atoms. The van der Waals surface area contributed by atoms with Crippen molar-refractivity contribution in [2.45, 2.75) is 0 Å². The number of rotatable bonds is 2. The van der Waals surface area contributed by atoms with Crippen molar-refractivity contribution >= 4 is 15.9 Å². The summed E-state index contributed by atoms with van der Waals surface area (Å²) < 4.78 is 19.4. The van der Waals surface area contributed by atoms with Crippen molar-refractivity contribution in [1.82, 2.24) is 0 Å². The molecule has 0 fully saturated rings. The average Bonchev–Trinajstić information content (AvgIpc) is 2.32. The molecule has 0 N–H and O–H groups in total. The van der Waals surface area contributed by atoms with E-state index >= 15 is 0 Å². The van der Waals surface area contributed by atoms with Crippen molar-refractivity contribution in [3.05, 3.63) is 58.3 Å². The minimum Gasteiger partial charge on any atom is -0.453 e. The van der Waals surface area contributed by atoms with Crippen LogP contribution in [-0.4, -0.2) is 0 Å². The molecule has 4 heteroatoms. The van der Waals surface area contributed by atoms with Gasteiger partial charge in [0.1, 0.15) is 17.4 Å². The number of halogens is 2. The Labute approximate surface area is 106 Å². The maximum Gasteiger partial charge on any atom is 0.165 e. The summed E-state index contributed by atoms with van der Waals surface area (Å²) in [7, 11) is 0. The van der Waals surface area contributed by atoms with Crippen LogP contribution in [0.15, 0.2) is 46.9 Å². The van der Waals surface area contributed by atoms with Crippen LogP contribution in [0, 0.1) is 17.1 Å². The van der Waals surface area contributed by atoms with E-state index in [1.54, 1.807) is 30.3 Å². The zero-order valence-corrected chi connectivity index (χ0v) is 10.2. The molecule has 2 rings (SSSR count). The van der Waals surface area contributed by atoms with Crippen molar-refractivity contribution in [3.8, 4) is 17.6 Å². The molecule has 0 atom stereocenters. The largest absolute Gasteiger partial charge is 0.453 e. The number of hydrogen-bond acceptors (Lipinski definition) is 2. The van der Waals surface area contributed by atoms with Crippen molar-refractivity contribution in [2.75, 3.05) is 0 Å². The molecule has 0 bridgehead atoms. The maximum atomic E-state index is 13.4. The highest BCUT2D eigenvalue weighted by Crippen LogP contribution is 2.30. The molecule has 2 nitrogen and oxygen atoms in total. The second-order valence-corrected chi connectivity index (χ2v) is 4.11. The third-order valence-corrected chi connectivity index (χ3v) is 2.80. The molecule has 0 heterocycles. The van der Waals surface area contributed by atoms with Crippen molar-refractivity contribution < 1.29 is 9.13 Å². The van der Waals surface area contributed by atoms with Crippen LogP contribution in [0.25, 0.3) is 0 Å². The van der Waals surface area contributed by atoms with Gasteiger partial charge in [0.05, 0.1) is 0 Å². The van der Waals surface area contributed by atoms with Gasteiger partial charge in [-0.15, -0.1) is 0 Å². The Morgan fingerprint density at radius 2 is 1.76 bits per heavy atom. The van der Waals surface area contributed by atoms with E-state index in [2.05, 4.69) is 15.9 Å². The van der Waals surface area contributed by atoms with Gasteiger partial charge >= 0.3 is 0 Å². The molecule has 0 aromatic heterocycles. The molecule has 2 aromatic rings. The van der Waals surface area contributed by atoms with E-state index in [1.165, 1.54) is 12.1 Å². The van der Waals surface area contributed by atoms with Crippen LogP contribution in [0.2, 0.25) is 0 Å². The molecule has 0 aliphatic carbocycles. The summed E-state index contributed by atoms with van der Waals surface area (Å²) in [5, 5.41) is 8.99. The predicted octanol–water partition coefficient (Wildman–Crippen LogP) is 4.25. The van der Waals surface area contributed by atoms with Gasteiger partial charge in [0, 0.05) is 4.47 Å². The van der Waals surface area contributed by atoms with Crippen LogP contribution >= 0.6 is 15.9 Å². The Morgan fingerprint density at radius 3 is 2.47 bits per heavy atom. The van der Waals surface area contributed by atoms with Crippen LogP contribution in [0.1, 0.15) is 5.56 Å². The monoisotopic (exact) mass is 291 g/mol. The highest BCUT2D eigenvalue weighted by molar-refractivity contribution is 9.10. The second-order valence-electron chi connectivity index (χ2n) is 3.26. The first-order valence-corrected chi connectivity index (χ1v) is 5.62. The zero-order chi connectivity index (χ0) is 12.3. The third-order valence-electron chi connectivity index (χ3n) is 2.14. The van der Waals surface area contributed by atoms with E-state index < -0.39 is 5.82 Å². The molecule has 0 aliphatic rings. The van der Waals surface area contributed by atoms with Gasteiger partial charge in [-0.05, 0) is 40.2 Å². The summed E-state index contributed by atoms with van der Waals surface area (Å²) in [6.07, 6.45) is 0. The van der Waals surface area contributed by atoms with E-state index in [0.717, 1.165) is 0 Å². The van der Waals surface area contributed by atoms with Gasteiger partial charge in [0.15, 0.2) is 11.6 Å². The summed E-state index contributed by atoms with van der Waals surface area (Å²) in [6, 6.07) is 13.1. The Balaban J connectivity index is 2.41. The van der Waals surface area contributed by atoms with Crippen molar-refractivity contribution in [1.29, 1.82) is 5.26 Å². The number of nitrogens with zero attached hydrogens (tertiary/aromatic N) is 1. The second kappa shape index (κ2) is 4.98. The molecule has 0 spiro atoms. The molecular formula is C13H7BrFNO. The highest BCUT2D eigenvalue weighted by Gasteiger charge is 2.10. The summed E-state index contributed by atoms with van der Waals surface area (Å²) in [5.74, 6) is -0.0366. The first kappa shape index (κ1) is 11.6. The van der Waals surface area contributed by atoms with Gasteiger partial charge < -0.3 is 4.74 Å². The number of benzene rings is 2. The molecule has 2 aromatic carbocycles. The first-order chi connectivity index (χ1) is 8.22. The van der Waals surface area contributed by atoms with Crippen LogP contribution in [-0.2, 0) is 0 Å². The first-order valence-electron chi connectivity index (χ1n) is 4.83. The number of hydrogen-bond donors (Lipinski definition) is 0. The summed E-state index contributed by atoms with van der Waals surface area (Å²) in [6.45, 7) is 0. The average molecular weight is 292 g/mol. The van der Waals surface area contributed by atoms with E-state index in [-0.39, 0.29) is 5.75 Å². The number of nitriles is 1. The van der Waals surface area contributed by atoms with Crippen LogP contribution in [0.4, 0.5) is 4.39 Å². The van der Waals surface area contributed by atoms with Gasteiger partial charge in [-0.2, -0.15) is 5.26 Å². The topological polar surface area (TPSA) is 33.0 Å². The summed E-state index contributed by atoms with van der Waals surface area (Å²) in [4.78, 5) is 0. The van der Waals surface area contributed by atoms with Crippen molar-refractivity contribution in [3.63, 3.8) is 0 Å². The Morgan fingerprint density at radius 1 is 1.06 bits per heavy atom. The van der Waals surface area contributed by atoms with Gasteiger partial charge in [-0.1, -0.05) is 18.2 Å². The molecule has 0 aliphatic heterocycles. The third kappa shape index (κ3) is 2.45. The van der Waals surface area contributed by atoms with E-state index in [0.29, 0.717) is 15.8 Å². The Bertz CT molecular complexity index is 592. The van der Waals surface area contributed by atoms with Gasteiger partial charge in [-0.3, -0.25) is 0 Å². The lowest BCUT2D eigenvalue weighted by atomic mass is 10.2. The minimum absolute atomic E-state index is 0.0992. The zero-order valence-electron chi connectivity index (χ0n) is 8.65. The highest BCUT2D eigenvalue weighted by atomic mass is 79.9. The quantitative estimate of drug-likeness (QED) is 0.828. The smallest absolute Gasteiger partial charge is 0.165 e. The van der Waals surface area contributed by atoms with E-state index in [4.69, 9.17) is 10.00 Å². The standard InChI is InChI=1S/C13H7BrFNO/c14-10-4-3-7-12(9(10)8-16)17-13-6-2-1-5-11(13)15/h1-7H. The molecule has 0 saturated heterocycles. The van der Waals surface area contributed by atoms with Gasteiger partial charge in [0.2, 0.25) is 0 Å². The fourth-order valence-corrected chi connectivity index (χ4v) is 1.78.